The van der Waals surface area contributed by atoms with Crippen LogP contribution in [0.4, 0.5) is 10.5 Å². The number of carbonyl (C=O) groups is 2. The van der Waals surface area contributed by atoms with Crippen LogP contribution in [0.2, 0.25) is 0 Å². The third-order valence-electron chi connectivity index (χ3n) is 3.51. The molecule has 1 aliphatic rings. The third-order valence-corrected chi connectivity index (χ3v) is 3.51. The number of anilines is 1. The number of nitrogens with one attached hydrogen (secondary N) is 2. The van der Waals surface area contributed by atoms with Gasteiger partial charge < -0.3 is 15.5 Å². The lowest BCUT2D eigenvalue weighted by atomic mass is 10.2. The van der Waals surface area contributed by atoms with Gasteiger partial charge in [-0.15, -0.1) is 0 Å². The summed E-state index contributed by atoms with van der Waals surface area (Å²) >= 11 is 0. The van der Waals surface area contributed by atoms with Gasteiger partial charge in [0.05, 0.1) is 6.04 Å². The van der Waals surface area contributed by atoms with Crippen LogP contribution in [0.5, 0.6) is 0 Å². The highest BCUT2D eigenvalue weighted by atomic mass is 16.2. The average Bonchev–Trinajstić information content (AvgIpc) is 2.73. The first-order valence-electron chi connectivity index (χ1n) is 6.90. The zero-order chi connectivity index (χ0) is 14.7. The van der Waals surface area contributed by atoms with E-state index in [4.69, 9.17) is 0 Å². The number of amides is 3. The molecule has 1 fully saturated rings. The summed E-state index contributed by atoms with van der Waals surface area (Å²) in [5.74, 6) is 0.0983. The van der Waals surface area contributed by atoms with E-state index >= 15 is 0 Å². The van der Waals surface area contributed by atoms with Crippen LogP contribution in [0.15, 0.2) is 24.3 Å². The third kappa shape index (κ3) is 3.29. The van der Waals surface area contributed by atoms with Crippen molar-refractivity contribution in [2.75, 3.05) is 11.9 Å². The highest BCUT2D eigenvalue weighted by Gasteiger charge is 2.31. The van der Waals surface area contributed by atoms with Crippen molar-refractivity contribution in [3.8, 4) is 0 Å². The smallest absolute Gasteiger partial charge is 0.319 e. The minimum absolute atomic E-state index is 0.0983. The van der Waals surface area contributed by atoms with Crippen LogP contribution >= 0.6 is 0 Å². The van der Waals surface area contributed by atoms with E-state index in [1.54, 1.807) is 4.90 Å². The predicted octanol–water partition coefficient (Wildman–Crippen LogP) is 2.13. The molecule has 3 amide bonds. The van der Waals surface area contributed by atoms with Crippen molar-refractivity contribution in [1.82, 2.24) is 10.2 Å². The maximum atomic E-state index is 12.0. The molecule has 0 radical (unpaired) electrons. The molecule has 108 valence electrons. The molecule has 20 heavy (non-hydrogen) atoms. The molecule has 1 aliphatic heterocycles. The molecule has 1 heterocycles. The fraction of sp³-hybridized carbons (Fsp3) is 0.467. The highest BCUT2D eigenvalue weighted by Crippen LogP contribution is 2.16. The Morgan fingerprint density at radius 2 is 2.05 bits per heavy atom. The molecule has 1 aromatic carbocycles. The maximum absolute atomic E-state index is 12.0. The van der Waals surface area contributed by atoms with Gasteiger partial charge in [0.2, 0.25) is 5.91 Å². The maximum Gasteiger partial charge on any atom is 0.319 e. The quantitative estimate of drug-likeness (QED) is 0.887. The number of aryl methyl sites for hydroxylation is 1. The Bertz CT molecular complexity index is 514. The van der Waals surface area contributed by atoms with Crippen molar-refractivity contribution in [1.29, 1.82) is 0 Å². The molecule has 1 aromatic rings. The van der Waals surface area contributed by atoms with E-state index in [-0.39, 0.29) is 24.0 Å². The molecular formula is C15H21N3O2. The van der Waals surface area contributed by atoms with E-state index in [1.807, 2.05) is 45.0 Å². The van der Waals surface area contributed by atoms with Crippen LogP contribution in [0.3, 0.4) is 0 Å². The zero-order valence-electron chi connectivity index (χ0n) is 12.1. The van der Waals surface area contributed by atoms with E-state index in [1.165, 1.54) is 0 Å². The minimum atomic E-state index is -0.261. The number of benzene rings is 1. The molecule has 0 aliphatic carbocycles. The number of urea groups is 1. The summed E-state index contributed by atoms with van der Waals surface area (Å²) in [4.78, 5) is 25.5. The number of carbonyl (C=O) groups excluding carboxylic acids is 2. The van der Waals surface area contributed by atoms with Crippen LogP contribution in [-0.4, -0.2) is 35.5 Å². The lowest BCUT2D eigenvalue weighted by Gasteiger charge is -2.21. The second-order valence-corrected chi connectivity index (χ2v) is 5.45. The summed E-state index contributed by atoms with van der Waals surface area (Å²) in [6.07, 6.45) is 0.374. The molecule has 1 atom stereocenters. The second-order valence-electron chi connectivity index (χ2n) is 5.45. The summed E-state index contributed by atoms with van der Waals surface area (Å²) in [6.45, 7) is 6.48. The summed E-state index contributed by atoms with van der Waals surface area (Å²) < 4.78 is 0. The fourth-order valence-electron chi connectivity index (χ4n) is 2.38. The Kier molecular flexibility index (Phi) is 4.27. The molecule has 5 heteroatoms. The SMILES string of the molecule is Cc1ccccc1NC(=O)NC1CC(=O)N(C(C)C)C1. The van der Waals surface area contributed by atoms with Gasteiger partial charge in [-0.1, -0.05) is 18.2 Å². The van der Waals surface area contributed by atoms with Crippen LogP contribution in [0.1, 0.15) is 25.8 Å². The second kappa shape index (κ2) is 5.94. The largest absolute Gasteiger partial charge is 0.338 e. The first kappa shape index (κ1) is 14.4. The number of hydrogen-bond acceptors (Lipinski definition) is 2. The lowest BCUT2D eigenvalue weighted by Crippen LogP contribution is -2.40. The zero-order valence-corrected chi connectivity index (χ0v) is 12.1. The van der Waals surface area contributed by atoms with Gasteiger partial charge in [0, 0.05) is 24.7 Å². The molecule has 2 rings (SSSR count). The van der Waals surface area contributed by atoms with Crippen LogP contribution < -0.4 is 10.6 Å². The summed E-state index contributed by atoms with van der Waals surface area (Å²) in [7, 11) is 0. The molecule has 2 N–H and O–H groups in total. The van der Waals surface area contributed by atoms with Gasteiger partial charge in [-0.05, 0) is 32.4 Å². The normalized spacial score (nSPS) is 18.5. The van der Waals surface area contributed by atoms with Crippen molar-refractivity contribution in [3.63, 3.8) is 0 Å². The van der Waals surface area contributed by atoms with Crippen LogP contribution in [0, 0.1) is 6.92 Å². The van der Waals surface area contributed by atoms with Gasteiger partial charge in [0.1, 0.15) is 0 Å². The summed E-state index contributed by atoms with van der Waals surface area (Å²) in [5.41, 5.74) is 1.80. The minimum Gasteiger partial charge on any atom is -0.338 e. The first-order valence-corrected chi connectivity index (χ1v) is 6.90. The topological polar surface area (TPSA) is 61.4 Å². The van der Waals surface area contributed by atoms with E-state index in [0.717, 1.165) is 11.3 Å². The summed E-state index contributed by atoms with van der Waals surface area (Å²) in [6, 6.07) is 7.39. The summed E-state index contributed by atoms with van der Waals surface area (Å²) in [5, 5.41) is 5.67. The van der Waals surface area contributed by atoms with Crippen LogP contribution in [-0.2, 0) is 4.79 Å². The van der Waals surface area contributed by atoms with E-state index < -0.39 is 0 Å². The number of likely N-dealkylation sites (tertiary alicyclic amines) is 1. The van der Waals surface area contributed by atoms with Crippen LogP contribution in [0.25, 0.3) is 0 Å². The lowest BCUT2D eigenvalue weighted by molar-refractivity contribution is -0.129. The standard InChI is InChI=1S/C15H21N3O2/c1-10(2)18-9-12(8-14(18)19)16-15(20)17-13-7-5-4-6-11(13)3/h4-7,10,12H,8-9H2,1-3H3,(H2,16,17,20). The Balaban J connectivity index is 1.90. The van der Waals surface area contributed by atoms with E-state index in [9.17, 15) is 9.59 Å². The average molecular weight is 275 g/mol. The van der Waals surface area contributed by atoms with Gasteiger partial charge in [0.15, 0.2) is 0 Å². The molecule has 1 unspecified atom stereocenters. The molecule has 1 saturated heterocycles. The Morgan fingerprint density at radius 3 is 2.65 bits per heavy atom. The number of para-hydroxylation sites is 1. The Morgan fingerprint density at radius 1 is 1.35 bits per heavy atom. The number of hydrogen-bond donors (Lipinski definition) is 2. The van der Waals surface area contributed by atoms with Crippen molar-refractivity contribution < 1.29 is 9.59 Å². The number of nitrogens with zero attached hydrogens (tertiary/aromatic N) is 1. The van der Waals surface area contributed by atoms with Crippen molar-refractivity contribution in [2.45, 2.75) is 39.3 Å². The predicted molar refractivity (Wildman–Crippen MR) is 78.6 cm³/mol. The highest BCUT2D eigenvalue weighted by molar-refractivity contribution is 5.91. The van der Waals surface area contributed by atoms with Crippen molar-refractivity contribution in [3.05, 3.63) is 29.8 Å². The Hall–Kier alpha value is -2.04. The number of rotatable bonds is 3. The van der Waals surface area contributed by atoms with Crippen molar-refractivity contribution in [2.24, 2.45) is 0 Å². The molecule has 5 nitrogen and oxygen atoms in total. The molecular weight excluding hydrogens is 254 g/mol. The Labute approximate surface area is 119 Å². The van der Waals surface area contributed by atoms with Gasteiger partial charge >= 0.3 is 6.03 Å². The van der Waals surface area contributed by atoms with Gasteiger partial charge in [-0.3, -0.25) is 4.79 Å². The van der Waals surface area contributed by atoms with Crippen molar-refractivity contribution >= 4 is 17.6 Å². The van der Waals surface area contributed by atoms with Gasteiger partial charge in [-0.2, -0.15) is 0 Å². The van der Waals surface area contributed by atoms with Gasteiger partial charge in [0.25, 0.3) is 0 Å². The molecule has 0 spiro atoms. The monoisotopic (exact) mass is 275 g/mol. The molecule has 0 aromatic heterocycles. The molecule has 0 bridgehead atoms. The van der Waals surface area contributed by atoms with Gasteiger partial charge in [-0.25, -0.2) is 4.79 Å². The fourth-order valence-corrected chi connectivity index (χ4v) is 2.38. The molecule has 0 saturated carbocycles. The van der Waals surface area contributed by atoms with E-state index in [2.05, 4.69) is 10.6 Å². The van der Waals surface area contributed by atoms with E-state index in [0.29, 0.717) is 13.0 Å². The first-order chi connectivity index (χ1) is 9.47.